The largest absolute Gasteiger partial charge is 0.502 e. The molecule has 120 valence electrons. The van der Waals surface area contributed by atoms with Crippen LogP contribution in [-0.2, 0) is 25.6 Å². The number of aliphatic hydroxyl groups is 1. The van der Waals surface area contributed by atoms with Crippen LogP contribution < -0.4 is 0 Å². The van der Waals surface area contributed by atoms with E-state index in [0.717, 1.165) is 13.2 Å². The number of rotatable bonds is 7. The van der Waals surface area contributed by atoms with E-state index in [1.165, 1.54) is 24.1 Å². The Morgan fingerprint density at radius 3 is 2.45 bits per heavy atom. The molecule has 1 amide bonds. The monoisotopic (exact) mass is 311 g/mol. The SMILES string of the molecule is COCCN(Cc1ccc(F)cc1)C(=O)C=C(O)C(=O)OC. The molecule has 0 saturated heterocycles. The van der Waals surface area contributed by atoms with Gasteiger partial charge in [-0.15, -0.1) is 0 Å². The average molecular weight is 311 g/mol. The average Bonchev–Trinajstić information content (AvgIpc) is 2.52. The van der Waals surface area contributed by atoms with E-state index in [-0.39, 0.29) is 25.5 Å². The Kier molecular flexibility index (Phi) is 7.04. The molecule has 0 aliphatic carbocycles. The number of amides is 1. The van der Waals surface area contributed by atoms with Crippen LogP contribution in [-0.4, -0.2) is 49.3 Å². The van der Waals surface area contributed by atoms with Gasteiger partial charge in [0.05, 0.1) is 19.8 Å². The number of esters is 1. The van der Waals surface area contributed by atoms with E-state index < -0.39 is 17.6 Å². The molecule has 1 rings (SSSR count). The first-order valence-corrected chi connectivity index (χ1v) is 6.49. The van der Waals surface area contributed by atoms with E-state index in [4.69, 9.17) is 4.74 Å². The molecule has 0 radical (unpaired) electrons. The summed E-state index contributed by atoms with van der Waals surface area (Å²) in [6.45, 7) is 0.713. The molecular formula is C15H18FNO5. The van der Waals surface area contributed by atoms with E-state index in [2.05, 4.69) is 4.74 Å². The van der Waals surface area contributed by atoms with Gasteiger partial charge in [0, 0.05) is 20.2 Å². The standard InChI is InChI=1S/C15H18FNO5/c1-21-8-7-17(10-11-3-5-12(16)6-4-11)14(19)9-13(18)15(20)22-2/h3-6,9,18H,7-8,10H2,1-2H3. The lowest BCUT2D eigenvalue weighted by molar-refractivity contribution is -0.139. The Morgan fingerprint density at radius 1 is 1.27 bits per heavy atom. The molecule has 0 aliphatic rings. The summed E-state index contributed by atoms with van der Waals surface area (Å²) in [4.78, 5) is 24.6. The number of hydrogen-bond donors (Lipinski definition) is 1. The predicted octanol–water partition coefficient (Wildman–Crippen LogP) is 1.42. The van der Waals surface area contributed by atoms with E-state index in [1.54, 1.807) is 12.1 Å². The molecule has 0 fully saturated rings. The second kappa shape index (κ2) is 8.78. The van der Waals surface area contributed by atoms with Gasteiger partial charge in [0.1, 0.15) is 5.82 Å². The van der Waals surface area contributed by atoms with Gasteiger partial charge in [0.2, 0.25) is 5.76 Å². The summed E-state index contributed by atoms with van der Waals surface area (Å²) in [5.41, 5.74) is 0.705. The van der Waals surface area contributed by atoms with Gasteiger partial charge in [-0.05, 0) is 17.7 Å². The van der Waals surface area contributed by atoms with Crippen LogP contribution in [0.15, 0.2) is 36.1 Å². The van der Waals surface area contributed by atoms with Gasteiger partial charge >= 0.3 is 5.97 Å². The number of hydrogen-bond acceptors (Lipinski definition) is 5. The Morgan fingerprint density at radius 2 is 1.91 bits per heavy atom. The van der Waals surface area contributed by atoms with Crippen LogP contribution in [0, 0.1) is 5.82 Å². The molecule has 22 heavy (non-hydrogen) atoms. The molecule has 6 nitrogen and oxygen atoms in total. The van der Waals surface area contributed by atoms with Crippen LogP contribution in [0.1, 0.15) is 5.56 Å². The number of halogens is 1. The summed E-state index contributed by atoms with van der Waals surface area (Å²) < 4.78 is 22.1. The molecule has 0 bridgehead atoms. The van der Waals surface area contributed by atoms with Crippen molar-refractivity contribution in [3.63, 3.8) is 0 Å². The highest BCUT2D eigenvalue weighted by molar-refractivity contribution is 5.96. The summed E-state index contributed by atoms with van der Waals surface area (Å²) in [7, 11) is 2.58. The first kappa shape index (κ1) is 17.6. The Labute approximate surface area is 127 Å². The fraction of sp³-hybridized carbons (Fsp3) is 0.333. The summed E-state index contributed by atoms with van der Waals surface area (Å²) in [6, 6.07) is 5.67. The van der Waals surface area contributed by atoms with Crippen molar-refractivity contribution in [2.24, 2.45) is 0 Å². The summed E-state index contributed by atoms with van der Waals surface area (Å²) in [6.07, 6.45) is 0.783. The van der Waals surface area contributed by atoms with Crippen LogP contribution in [0.25, 0.3) is 0 Å². The number of nitrogens with zero attached hydrogens (tertiary/aromatic N) is 1. The second-order valence-electron chi connectivity index (χ2n) is 4.40. The Hall–Kier alpha value is -2.41. The number of methoxy groups -OCH3 is 2. The number of aliphatic hydroxyl groups excluding tert-OH is 1. The van der Waals surface area contributed by atoms with Crippen molar-refractivity contribution in [1.29, 1.82) is 0 Å². The molecule has 0 unspecified atom stereocenters. The molecule has 0 aromatic heterocycles. The highest BCUT2D eigenvalue weighted by atomic mass is 19.1. The third kappa shape index (κ3) is 5.53. The predicted molar refractivity (Wildman–Crippen MR) is 76.4 cm³/mol. The zero-order chi connectivity index (χ0) is 16.5. The first-order valence-electron chi connectivity index (χ1n) is 6.49. The van der Waals surface area contributed by atoms with Crippen molar-refractivity contribution in [2.75, 3.05) is 27.4 Å². The van der Waals surface area contributed by atoms with Gasteiger partial charge in [-0.25, -0.2) is 9.18 Å². The molecule has 7 heteroatoms. The molecular weight excluding hydrogens is 293 g/mol. The van der Waals surface area contributed by atoms with Crippen molar-refractivity contribution < 1.29 is 28.6 Å². The van der Waals surface area contributed by atoms with E-state index in [0.29, 0.717) is 5.56 Å². The van der Waals surface area contributed by atoms with Crippen molar-refractivity contribution in [2.45, 2.75) is 6.54 Å². The molecule has 0 aliphatic heterocycles. The van der Waals surface area contributed by atoms with Crippen LogP contribution in [0.5, 0.6) is 0 Å². The lowest BCUT2D eigenvalue weighted by atomic mass is 10.2. The van der Waals surface area contributed by atoms with Crippen molar-refractivity contribution in [3.8, 4) is 0 Å². The fourth-order valence-corrected chi connectivity index (χ4v) is 1.65. The molecule has 1 N–H and O–H groups in total. The highest BCUT2D eigenvalue weighted by Gasteiger charge is 2.16. The van der Waals surface area contributed by atoms with Crippen molar-refractivity contribution >= 4 is 11.9 Å². The quantitative estimate of drug-likeness (QED) is 0.468. The van der Waals surface area contributed by atoms with Gasteiger partial charge in [-0.2, -0.15) is 0 Å². The third-order valence-electron chi connectivity index (χ3n) is 2.82. The molecule has 0 saturated carbocycles. The number of ether oxygens (including phenoxy) is 2. The molecule has 1 aromatic carbocycles. The lowest BCUT2D eigenvalue weighted by Gasteiger charge is -2.21. The lowest BCUT2D eigenvalue weighted by Crippen LogP contribution is -2.32. The highest BCUT2D eigenvalue weighted by Crippen LogP contribution is 2.08. The van der Waals surface area contributed by atoms with Gasteiger partial charge in [-0.3, -0.25) is 4.79 Å². The fourth-order valence-electron chi connectivity index (χ4n) is 1.65. The number of carbonyl (C=O) groups excluding carboxylic acids is 2. The Balaban J connectivity index is 2.85. The van der Waals surface area contributed by atoms with Gasteiger partial charge in [0.15, 0.2) is 0 Å². The summed E-state index contributed by atoms with van der Waals surface area (Å²) in [5, 5.41) is 9.42. The zero-order valence-corrected chi connectivity index (χ0v) is 12.4. The topological polar surface area (TPSA) is 76.1 Å². The van der Waals surface area contributed by atoms with Gasteiger partial charge in [0.25, 0.3) is 5.91 Å². The third-order valence-corrected chi connectivity index (χ3v) is 2.82. The minimum absolute atomic E-state index is 0.188. The molecule has 0 atom stereocenters. The Bertz CT molecular complexity index is 541. The molecule has 1 aromatic rings. The van der Waals surface area contributed by atoms with Crippen LogP contribution in [0.3, 0.4) is 0 Å². The maximum atomic E-state index is 12.9. The normalized spacial score (nSPS) is 11.1. The molecule has 0 heterocycles. The van der Waals surface area contributed by atoms with Crippen molar-refractivity contribution in [3.05, 3.63) is 47.5 Å². The van der Waals surface area contributed by atoms with E-state index in [9.17, 15) is 19.1 Å². The van der Waals surface area contributed by atoms with Gasteiger partial charge < -0.3 is 19.5 Å². The zero-order valence-electron chi connectivity index (χ0n) is 12.4. The molecule has 0 spiro atoms. The van der Waals surface area contributed by atoms with E-state index in [1.807, 2.05) is 0 Å². The van der Waals surface area contributed by atoms with Crippen LogP contribution in [0.2, 0.25) is 0 Å². The minimum atomic E-state index is -0.998. The summed E-state index contributed by atoms with van der Waals surface area (Å²) in [5.74, 6) is -2.73. The smallest absolute Gasteiger partial charge is 0.373 e. The van der Waals surface area contributed by atoms with E-state index >= 15 is 0 Å². The van der Waals surface area contributed by atoms with Crippen molar-refractivity contribution in [1.82, 2.24) is 4.90 Å². The number of benzene rings is 1. The minimum Gasteiger partial charge on any atom is -0.502 e. The van der Waals surface area contributed by atoms with Gasteiger partial charge in [-0.1, -0.05) is 12.1 Å². The summed E-state index contributed by atoms with van der Waals surface area (Å²) >= 11 is 0. The first-order chi connectivity index (χ1) is 10.5. The maximum Gasteiger partial charge on any atom is 0.373 e. The van der Waals surface area contributed by atoms with Crippen LogP contribution in [0.4, 0.5) is 4.39 Å². The second-order valence-corrected chi connectivity index (χ2v) is 4.40. The number of carbonyl (C=O) groups is 2. The maximum absolute atomic E-state index is 12.9. The van der Waals surface area contributed by atoms with Crippen LogP contribution >= 0.6 is 0 Å².